The van der Waals surface area contributed by atoms with Crippen molar-refractivity contribution in [2.24, 2.45) is 0 Å². The molecule has 0 unspecified atom stereocenters. The lowest BCUT2D eigenvalue weighted by atomic mass is 10.1. The average molecular weight is 383 g/mol. The van der Waals surface area contributed by atoms with Crippen LogP contribution >= 0.6 is 0 Å². The molecule has 3 rings (SSSR count). The van der Waals surface area contributed by atoms with Crippen LogP contribution in [-0.2, 0) is 24.4 Å². The molecule has 1 aromatic heterocycles. The molecule has 6 nitrogen and oxygen atoms in total. The number of carbonyl (C=O) groups is 2. The van der Waals surface area contributed by atoms with Gasteiger partial charge < -0.3 is 4.90 Å². The first kappa shape index (κ1) is 20.3. The van der Waals surface area contributed by atoms with E-state index in [4.69, 9.17) is 0 Å². The second-order valence-corrected chi connectivity index (χ2v) is 8.12. The number of amides is 1. The molecule has 1 aliphatic rings. The monoisotopic (exact) mass is 382 g/mol. The maximum absolute atomic E-state index is 12.8. The fourth-order valence-corrected chi connectivity index (χ4v) is 4.18. The van der Waals surface area contributed by atoms with Crippen molar-refractivity contribution in [1.29, 1.82) is 0 Å². The second kappa shape index (κ2) is 7.87. The first-order chi connectivity index (χ1) is 13.2. The number of benzene rings is 1. The first-order valence-electron chi connectivity index (χ1n) is 9.77. The molecule has 28 heavy (non-hydrogen) atoms. The summed E-state index contributed by atoms with van der Waals surface area (Å²) in [6, 6.07) is 6.40. The summed E-state index contributed by atoms with van der Waals surface area (Å²) < 4.78 is 1.81. The number of hydrogen-bond donors (Lipinski definition) is 0. The number of carbonyl (C=O) groups excluding carboxylic acids is 2. The van der Waals surface area contributed by atoms with Crippen LogP contribution < -0.4 is 0 Å². The number of Topliss-reactive ketones (excluding diaryl/α,β-unsaturated/α-hetero) is 1. The Hall–Kier alpha value is -2.47. The molecule has 2 heterocycles. The van der Waals surface area contributed by atoms with Crippen molar-refractivity contribution in [3.05, 3.63) is 51.8 Å². The Morgan fingerprint density at radius 2 is 1.89 bits per heavy atom. The van der Waals surface area contributed by atoms with Crippen molar-refractivity contribution < 1.29 is 9.59 Å². The van der Waals surface area contributed by atoms with E-state index in [0.29, 0.717) is 18.5 Å². The van der Waals surface area contributed by atoms with E-state index in [1.54, 1.807) is 11.8 Å². The molecule has 1 amide bonds. The van der Waals surface area contributed by atoms with Crippen LogP contribution in [0.4, 0.5) is 0 Å². The van der Waals surface area contributed by atoms with Gasteiger partial charge in [-0.25, -0.2) is 0 Å². The topological polar surface area (TPSA) is 58.4 Å². The van der Waals surface area contributed by atoms with E-state index < -0.39 is 0 Å². The van der Waals surface area contributed by atoms with Gasteiger partial charge in [0.2, 0.25) is 5.91 Å². The number of ketones is 1. The summed E-state index contributed by atoms with van der Waals surface area (Å²) in [4.78, 5) is 28.6. The average Bonchev–Trinajstić information content (AvgIpc) is 3.12. The van der Waals surface area contributed by atoms with Crippen LogP contribution in [0.15, 0.2) is 18.2 Å². The highest BCUT2D eigenvalue weighted by molar-refractivity contribution is 5.96. The Bertz CT molecular complexity index is 916. The Labute approximate surface area is 167 Å². The standard InChI is InChI=1S/C22H30N4O2/c1-14(26-16(3)22(17(4)27)15(2)23-26)9-21(28)25(6)11-18-7-8-19-12-24(5)13-20(19)10-18/h7-8,10,14H,9,11-13H2,1-6H3/t14-/m0/s1. The molecule has 6 heteroatoms. The SMILES string of the molecule is CC(=O)c1c(C)nn([C@@H](C)CC(=O)N(C)Cc2ccc3c(c2)CN(C)C3)c1C. The predicted octanol–water partition coefficient (Wildman–Crippen LogP) is 3.26. The van der Waals surface area contributed by atoms with Crippen LogP contribution in [0.3, 0.4) is 0 Å². The van der Waals surface area contributed by atoms with Gasteiger partial charge in [-0.1, -0.05) is 18.2 Å². The summed E-state index contributed by atoms with van der Waals surface area (Å²) in [5.74, 6) is 0.0844. The van der Waals surface area contributed by atoms with E-state index in [9.17, 15) is 9.59 Å². The lowest BCUT2D eigenvalue weighted by Crippen LogP contribution is -2.28. The van der Waals surface area contributed by atoms with Gasteiger partial charge in [-0.05, 0) is 51.4 Å². The molecule has 0 fully saturated rings. The lowest BCUT2D eigenvalue weighted by molar-refractivity contribution is -0.131. The molecule has 0 N–H and O–H groups in total. The fraction of sp³-hybridized carbons (Fsp3) is 0.500. The molecule has 0 bridgehead atoms. The molecular weight excluding hydrogens is 352 g/mol. The maximum atomic E-state index is 12.8. The summed E-state index contributed by atoms with van der Waals surface area (Å²) in [5.41, 5.74) is 6.10. The van der Waals surface area contributed by atoms with Crippen LogP contribution in [0, 0.1) is 13.8 Å². The Balaban J connectivity index is 1.65. The lowest BCUT2D eigenvalue weighted by Gasteiger charge is -2.21. The fourth-order valence-electron chi connectivity index (χ4n) is 4.18. The molecule has 1 aromatic carbocycles. The molecular formula is C22H30N4O2. The van der Waals surface area contributed by atoms with Gasteiger partial charge in [-0.2, -0.15) is 5.10 Å². The van der Waals surface area contributed by atoms with Gasteiger partial charge in [0, 0.05) is 38.8 Å². The van der Waals surface area contributed by atoms with Crippen LogP contribution in [0.25, 0.3) is 0 Å². The highest BCUT2D eigenvalue weighted by atomic mass is 16.2. The number of nitrogens with zero attached hydrogens (tertiary/aromatic N) is 4. The van der Waals surface area contributed by atoms with Gasteiger partial charge in [-0.3, -0.25) is 19.2 Å². The second-order valence-electron chi connectivity index (χ2n) is 8.12. The van der Waals surface area contributed by atoms with Gasteiger partial charge in [0.15, 0.2) is 5.78 Å². The minimum Gasteiger partial charge on any atom is -0.341 e. The van der Waals surface area contributed by atoms with Gasteiger partial charge >= 0.3 is 0 Å². The van der Waals surface area contributed by atoms with E-state index in [2.05, 4.69) is 35.2 Å². The van der Waals surface area contributed by atoms with Crippen LogP contribution in [-0.4, -0.2) is 45.4 Å². The quantitative estimate of drug-likeness (QED) is 0.720. The molecule has 1 atom stereocenters. The molecule has 0 saturated carbocycles. The first-order valence-corrected chi connectivity index (χ1v) is 9.77. The predicted molar refractivity (Wildman–Crippen MR) is 109 cm³/mol. The number of aryl methyl sites for hydroxylation is 1. The Morgan fingerprint density at radius 1 is 1.21 bits per heavy atom. The van der Waals surface area contributed by atoms with Gasteiger partial charge in [0.25, 0.3) is 0 Å². The number of hydrogen-bond acceptors (Lipinski definition) is 4. The Kier molecular flexibility index (Phi) is 5.70. The Morgan fingerprint density at radius 3 is 2.54 bits per heavy atom. The van der Waals surface area contributed by atoms with Crippen molar-refractivity contribution in [3.63, 3.8) is 0 Å². The third-order valence-corrected chi connectivity index (χ3v) is 5.56. The molecule has 0 aliphatic carbocycles. The van der Waals surface area contributed by atoms with E-state index in [-0.39, 0.29) is 17.7 Å². The highest BCUT2D eigenvalue weighted by Gasteiger charge is 2.22. The number of fused-ring (bicyclic) bond motifs is 1. The van der Waals surface area contributed by atoms with E-state index in [0.717, 1.165) is 30.0 Å². The van der Waals surface area contributed by atoms with E-state index >= 15 is 0 Å². The largest absolute Gasteiger partial charge is 0.341 e. The zero-order valence-corrected chi connectivity index (χ0v) is 17.7. The third-order valence-electron chi connectivity index (χ3n) is 5.56. The van der Waals surface area contributed by atoms with Crippen molar-refractivity contribution in [1.82, 2.24) is 19.6 Å². The van der Waals surface area contributed by atoms with Crippen LogP contribution in [0.5, 0.6) is 0 Å². The molecule has 0 saturated heterocycles. The van der Waals surface area contributed by atoms with Crippen molar-refractivity contribution in [2.75, 3.05) is 14.1 Å². The van der Waals surface area contributed by atoms with Gasteiger partial charge in [-0.15, -0.1) is 0 Å². The molecule has 2 aromatic rings. The summed E-state index contributed by atoms with van der Waals surface area (Å²) in [7, 11) is 3.96. The molecule has 0 spiro atoms. The zero-order valence-electron chi connectivity index (χ0n) is 17.7. The van der Waals surface area contributed by atoms with Gasteiger partial charge in [0.05, 0.1) is 17.3 Å². The van der Waals surface area contributed by atoms with E-state index in [1.807, 2.05) is 32.5 Å². The molecule has 0 radical (unpaired) electrons. The summed E-state index contributed by atoms with van der Waals surface area (Å²) >= 11 is 0. The molecule has 150 valence electrons. The number of aromatic nitrogens is 2. The molecule has 1 aliphatic heterocycles. The maximum Gasteiger partial charge on any atom is 0.224 e. The minimum atomic E-state index is -0.101. The normalized spacial score (nSPS) is 14.8. The highest BCUT2D eigenvalue weighted by Crippen LogP contribution is 2.24. The van der Waals surface area contributed by atoms with Crippen LogP contribution in [0.2, 0.25) is 0 Å². The summed E-state index contributed by atoms with van der Waals surface area (Å²) in [6.07, 6.45) is 0.351. The summed E-state index contributed by atoms with van der Waals surface area (Å²) in [6.45, 7) is 9.81. The van der Waals surface area contributed by atoms with Crippen molar-refractivity contribution >= 4 is 11.7 Å². The number of rotatable bonds is 6. The van der Waals surface area contributed by atoms with Crippen LogP contribution in [0.1, 0.15) is 64.7 Å². The van der Waals surface area contributed by atoms with Crippen molar-refractivity contribution in [3.8, 4) is 0 Å². The zero-order chi connectivity index (χ0) is 20.6. The minimum absolute atomic E-state index is 0.0131. The van der Waals surface area contributed by atoms with E-state index in [1.165, 1.54) is 11.1 Å². The summed E-state index contributed by atoms with van der Waals surface area (Å²) in [5, 5.41) is 4.49. The smallest absolute Gasteiger partial charge is 0.224 e. The van der Waals surface area contributed by atoms with Gasteiger partial charge in [0.1, 0.15) is 0 Å². The van der Waals surface area contributed by atoms with Crippen molar-refractivity contribution in [2.45, 2.75) is 59.8 Å². The third kappa shape index (κ3) is 4.02.